The third kappa shape index (κ3) is 3.37. The van der Waals surface area contributed by atoms with Gasteiger partial charge in [0.05, 0.1) is 7.11 Å². The molecule has 7 heteroatoms. The number of aliphatic carboxylic acids is 1. The molecule has 0 saturated carbocycles. The Labute approximate surface area is 150 Å². The lowest BCUT2D eigenvalue weighted by Gasteiger charge is -2.12. The summed E-state index contributed by atoms with van der Waals surface area (Å²) in [6.45, 7) is 5.48. The van der Waals surface area contributed by atoms with Gasteiger partial charge in [-0.15, -0.1) is 15.0 Å². The molecule has 0 unspecified atom stereocenters. The third-order valence-electron chi connectivity index (χ3n) is 4.13. The molecule has 0 aliphatic carbocycles. The number of carbonyl (C=O) groups is 1. The summed E-state index contributed by atoms with van der Waals surface area (Å²) in [6, 6.07) is 9.02. The Hall–Kier alpha value is -3.35. The van der Waals surface area contributed by atoms with Crippen molar-refractivity contribution in [3.05, 3.63) is 53.6 Å². The van der Waals surface area contributed by atoms with Crippen molar-refractivity contribution in [1.29, 1.82) is 0 Å². The number of carboxylic acid groups (broad SMARTS) is 1. The van der Waals surface area contributed by atoms with E-state index in [0.29, 0.717) is 34.5 Å². The maximum absolute atomic E-state index is 10.9. The lowest BCUT2D eigenvalue weighted by molar-refractivity contribution is -0.132. The van der Waals surface area contributed by atoms with Crippen LogP contribution in [-0.2, 0) is 11.2 Å². The van der Waals surface area contributed by atoms with Crippen molar-refractivity contribution in [3.8, 4) is 17.2 Å². The number of aromatic nitrogens is 3. The van der Waals surface area contributed by atoms with E-state index in [4.69, 9.17) is 9.84 Å². The minimum absolute atomic E-state index is 0.0129. The second kappa shape index (κ2) is 6.87. The summed E-state index contributed by atoms with van der Waals surface area (Å²) in [6.07, 6.45) is 0.518. The van der Waals surface area contributed by atoms with Crippen molar-refractivity contribution in [2.24, 2.45) is 0 Å². The SMILES string of the molecule is C=C(CCc1cc(OC)cc(-n2nc3ccc(C)cc3n2)c1O)C(=O)O. The summed E-state index contributed by atoms with van der Waals surface area (Å²) in [5.74, 6) is -0.546. The summed E-state index contributed by atoms with van der Waals surface area (Å²) in [5.41, 5.74) is 3.47. The number of nitrogens with zero attached hydrogens (tertiary/aromatic N) is 3. The van der Waals surface area contributed by atoms with Crippen molar-refractivity contribution in [1.82, 2.24) is 15.0 Å². The standard InChI is InChI=1S/C19H19N3O4/c1-11-4-7-15-16(8-11)21-22(20-15)17-10-14(26-3)9-13(18(17)23)6-5-12(2)19(24)25/h4,7-10,23H,2,5-6H2,1,3H3,(H,24,25). The smallest absolute Gasteiger partial charge is 0.330 e. The van der Waals surface area contributed by atoms with E-state index in [1.165, 1.54) is 11.9 Å². The Balaban J connectivity index is 2.03. The fourth-order valence-corrected chi connectivity index (χ4v) is 2.64. The minimum Gasteiger partial charge on any atom is -0.505 e. The first-order valence-corrected chi connectivity index (χ1v) is 8.04. The van der Waals surface area contributed by atoms with Crippen molar-refractivity contribution in [3.63, 3.8) is 0 Å². The van der Waals surface area contributed by atoms with E-state index in [1.54, 1.807) is 12.1 Å². The minimum atomic E-state index is -1.05. The maximum Gasteiger partial charge on any atom is 0.330 e. The van der Waals surface area contributed by atoms with Crippen LogP contribution in [0.4, 0.5) is 0 Å². The van der Waals surface area contributed by atoms with Gasteiger partial charge in [-0.05, 0) is 43.5 Å². The molecule has 0 saturated heterocycles. The lowest BCUT2D eigenvalue weighted by Crippen LogP contribution is -2.04. The van der Waals surface area contributed by atoms with Crippen LogP contribution >= 0.6 is 0 Å². The molecule has 0 spiro atoms. The number of fused-ring (bicyclic) bond motifs is 1. The van der Waals surface area contributed by atoms with Gasteiger partial charge in [0.1, 0.15) is 28.2 Å². The van der Waals surface area contributed by atoms with Crippen LogP contribution in [-0.4, -0.2) is 38.3 Å². The Morgan fingerprint density at radius 2 is 1.96 bits per heavy atom. The third-order valence-corrected chi connectivity index (χ3v) is 4.13. The molecule has 0 aliphatic rings. The normalized spacial score (nSPS) is 10.8. The summed E-state index contributed by atoms with van der Waals surface area (Å²) in [5, 5.41) is 28.4. The average molecular weight is 353 g/mol. The molecule has 3 rings (SSSR count). The fraction of sp³-hybridized carbons (Fsp3) is 0.211. The Morgan fingerprint density at radius 1 is 1.23 bits per heavy atom. The van der Waals surface area contributed by atoms with Crippen LogP contribution < -0.4 is 4.74 Å². The molecule has 0 bridgehead atoms. The van der Waals surface area contributed by atoms with Crippen LogP contribution in [0, 0.1) is 6.92 Å². The van der Waals surface area contributed by atoms with Crippen LogP contribution in [0.1, 0.15) is 17.5 Å². The second-order valence-electron chi connectivity index (χ2n) is 6.04. The van der Waals surface area contributed by atoms with Gasteiger partial charge in [-0.1, -0.05) is 12.6 Å². The molecule has 1 heterocycles. The van der Waals surface area contributed by atoms with Gasteiger partial charge in [-0.25, -0.2) is 4.79 Å². The summed E-state index contributed by atoms with van der Waals surface area (Å²) >= 11 is 0. The van der Waals surface area contributed by atoms with Gasteiger partial charge in [0.25, 0.3) is 0 Å². The van der Waals surface area contributed by atoms with Crippen LogP contribution in [0.3, 0.4) is 0 Å². The van der Waals surface area contributed by atoms with Crippen LogP contribution in [0.5, 0.6) is 11.5 Å². The van der Waals surface area contributed by atoms with E-state index in [-0.39, 0.29) is 17.7 Å². The number of benzene rings is 2. The number of phenols is 1. The fourth-order valence-electron chi connectivity index (χ4n) is 2.64. The topological polar surface area (TPSA) is 97.5 Å². The Kier molecular flexibility index (Phi) is 4.62. The number of rotatable bonds is 6. The number of aromatic hydroxyl groups is 1. The van der Waals surface area contributed by atoms with Gasteiger partial charge in [-0.3, -0.25) is 0 Å². The number of phenolic OH excluding ortho intramolecular Hbond substituents is 1. The number of hydrogen-bond donors (Lipinski definition) is 2. The largest absolute Gasteiger partial charge is 0.505 e. The molecular formula is C19H19N3O4. The van der Waals surface area contributed by atoms with Gasteiger partial charge in [0.2, 0.25) is 0 Å². The van der Waals surface area contributed by atoms with Crippen molar-refractivity contribution < 1.29 is 19.7 Å². The van der Waals surface area contributed by atoms with E-state index >= 15 is 0 Å². The highest BCUT2D eigenvalue weighted by molar-refractivity contribution is 5.85. The zero-order valence-electron chi connectivity index (χ0n) is 14.6. The summed E-state index contributed by atoms with van der Waals surface area (Å²) in [7, 11) is 1.52. The van der Waals surface area contributed by atoms with E-state index in [9.17, 15) is 9.90 Å². The first-order valence-electron chi connectivity index (χ1n) is 8.04. The molecule has 0 atom stereocenters. The molecular weight excluding hydrogens is 334 g/mol. The van der Waals surface area contributed by atoms with E-state index < -0.39 is 5.97 Å². The second-order valence-corrected chi connectivity index (χ2v) is 6.04. The number of carboxylic acids is 1. The quantitative estimate of drug-likeness (QED) is 0.661. The molecule has 0 fully saturated rings. The number of aryl methyl sites for hydroxylation is 2. The molecule has 0 aliphatic heterocycles. The zero-order chi connectivity index (χ0) is 18.8. The lowest BCUT2D eigenvalue weighted by atomic mass is 10.0. The highest BCUT2D eigenvalue weighted by Crippen LogP contribution is 2.32. The van der Waals surface area contributed by atoms with Crippen molar-refractivity contribution in [2.75, 3.05) is 7.11 Å². The molecule has 0 radical (unpaired) electrons. The first kappa shape index (κ1) is 17.5. The number of hydrogen-bond acceptors (Lipinski definition) is 5. The number of methoxy groups -OCH3 is 1. The van der Waals surface area contributed by atoms with Crippen molar-refractivity contribution in [2.45, 2.75) is 19.8 Å². The molecule has 2 N–H and O–H groups in total. The summed E-state index contributed by atoms with van der Waals surface area (Å²) in [4.78, 5) is 12.3. The van der Waals surface area contributed by atoms with E-state index in [1.807, 2.05) is 25.1 Å². The first-order chi connectivity index (χ1) is 12.4. The number of ether oxygens (including phenoxy) is 1. The molecule has 26 heavy (non-hydrogen) atoms. The van der Waals surface area contributed by atoms with Gasteiger partial charge < -0.3 is 14.9 Å². The van der Waals surface area contributed by atoms with E-state index in [2.05, 4.69) is 16.8 Å². The van der Waals surface area contributed by atoms with Crippen LogP contribution in [0.25, 0.3) is 16.7 Å². The summed E-state index contributed by atoms with van der Waals surface area (Å²) < 4.78 is 5.30. The molecule has 7 nitrogen and oxygen atoms in total. The van der Waals surface area contributed by atoms with Crippen LogP contribution in [0.2, 0.25) is 0 Å². The van der Waals surface area contributed by atoms with Gasteiger partial charge in [0, 0.05) is 17.2 Å². The van der Waals surface area contributed by atoms with E-state index in [0.717, 1.165) is 5.56 Å². The molecule has 3 aromatic rings. The molecule has 0 amide bonds. The molecule has 1 aromatic heterocycles. The maximum atomic E-state index is 10.9. The highest BCUT2D eigenvalue weighted by Gasteiger charge is 2.16. The van der Waals surface area contributed by atoms with Gasteiger partial charge in [0.15, 0.2) is 0 Å². The van der Waals surface area contributed by atoms with Crippen molar-refractivity contribution >= 4 is 17.0 Å². The van der Waals surface area contributed by atoms with Gasteiger partial charge in [-0.2, -0.15) is 0 Å². The zero-order valence-corrected chi connectivity index (χ0v) is 14.6. The average Bonchev–Trinajstić information content (AvgIpc) is 3.03. The monoisotopic (exact) mass is 353 g/mol. The predicted molar refractivity (Wildman–Crippen MR) is 96.9 cm³/mol. The molecule has 2 aromatic carbocycles. The Morgan fingerprint density at radius 3 is 2.65 bits per heavy atom. The highest BCUT2D eigenvalue weighted by atomic mass is 16.5. The van der Waals surface area contributed by atoms with Gasteiger partial charge >= 0.3 is 5.97 Å². The molecule has 134 valence electrons. The Bertz CT molecular complexity index is 1010. The van der Waals surface area contributed by atoms with Crippen LogP contribution in [0.15, 0.2) is 42.5 Å². The predicted octanol–water partition coefficient (Wildman–Crippen LogP) is 3.02.